The van der Waals surface area contributed by atoms with Gasteiger partial charge in [-0.3, -0.25) is 0 Å². The summed E-state index contributed by atoms with van der Waals surface area (Å²) in [6.45, 7) is 4.32. The summed E-state index contributed by atoms with van der Waals surface area (Å²) >= 11 is 0. The van der Waals surface area contributed by atoms with Crippen LogP contribution in [-0.2, 0) is 17.1 Å². The van der Waals surface area contributed by atoms with Crippen LogP contribution in [0.2, 0.25) is 0 Å². The van der Waals surface area contributed by atoms with Crippen LogP contribution < -0.4 is 5.32 Å². The second-order valence-electron chi connectivity index (χ2n) is 4.97. The molecule has 108 valence electrons. The highest BCUT2D eigenvalue weighted by molar-refractivity contribution is 7.89. The zero-order valence-corrected chi connectivity index (χ0v) is 12.4. The van der Waals surface area contributed by atoms with Crippen LogP contribution in [0.3, 0.4) is 0 Å². The summed E-state index contributed by atoms with van der Waals surface area (Å²) in [5.74, 6) is 0. The molecular weight excluding hydrogens is 264 g/mol. The Balaban J connectivity index is 2.26. The highest BCUT2D eigenvalue weighted by atomic mass is 32.2. The molecular formula is C12H22N4O2S. The summed E-state index contributed by atoms with van der Waals surface area (Å²) in [7, 11) is -1.69. The fraction of sp³-hybridized carbons (Fsp3) is 0.750. The van der Waals surface area contributed by atoms with Gasteiger partial charge in [0, 0.05) is 25.8 Å². The molecule has 0 unspecified atom stereocenters. The van der Waals surface area contributed by atoms with Crippen molar-refractivity contribution in [3.8, 4) is 0 Å². The van der Waals surface area contributed by atoms with Crippen LogP contribution >= 0.6 is 0 Å². The Bertz CT molecular complexity index is 506. The molecule has 6 nitrogen and oxygen atoms in total. The number of imidazole rings is 1. The first-order valence-corrected chi connectivity index (χ1v) is 8.20. The fourth-order valence-corrected chi connectivity index (χ4v) is 4.20. The van der Waals surface area contributed by atoms with Gasteiger partial charge in [0.05, 0.1) is 6.33 Å². The third kappa shape index (κ3) is 3.16. The van der Waals surface area contributed by atoms with Crippen LogP contribution in [0.25, 0.3) is 0 Å². The van der Waals surface area contributed by atoms with E-state index in [1.54, 1.807) is 22.1 Å². The van der Waals surface area contributed by atoms with Gasteiger partial charge < -0.3 is 9.88 Å². The maximum atomic E-state index is 12.7. The monoisotopic (exact) mass is 286 g/mol. The van der Waals surface area contributed by atoms with Crippen molar-refractivity contribution in [1.82, 2.24) is 19.2 Å². The maximum absolute atomic E-state index is 12.7. The van der Waals surface area contributed by atoms with Gasteiger partial charge in [0.15, 0.2) is 5.03 Å². The van der Waals surface area contributed by atoms with Gasteiger partial charge in [0.25, 0.3) is 10.0 Å². The van der Waals surface area contributed by atoms with E-state index in [9.17, 15) is 8.42 Å². The van der Waals surface area contributed by atoms with E-state index in [-0.39, 0.29) is 11.1 Å². The molecule has 1 N–H and O–H groups in total. The number of aryl methyl sites for hydroxylation is 1. The molecule has 0 amide bonds. The van der Waals surface area contributed by atoms with E-state index in [2.05, 4.69) is 10.3 Å². The van der Waals surface area contributed by atoms with Crippen LogP contribution in [0.1, 0.15) is 26.2 Å². The zero-order valence-electron chi connectivity index (χ0n) is 11.5. The number of rotatable bonds is 5. The Kier molecular flexibility index (Phi) is 4.59. The van der Waals surface area contributed by atoms with Gasteiger partial charge in [-0.1, -0.05) is 6.92 Å². The summed E-state index contributed by atoms with van der Waals surface area (Å²) in [4.78, 5) is 4.00. The number of aromatic nitrogens is 2. The van der Waals surface area contributed by atoms with Gasteiger partial charge in [0.2, 0.25) is 0 Å². The predicted octanol–water partition coefficient (Wildman–Crippen LogP) is 0.573. The highest BCUT2D eigenvalue weighted by Gasteiger charge is 2.32. The van der Waals surface area contributed by atoms with Crippen molar-refractivity contribution in [1.29, 1.82) is 0 Å². The second kappa shape index (κ2) is 6.02. The first kappa shape index (κ1) is 14.5. The first-order chi connectivity index (χ1) is 9.05. The topological polar surface area (TPSA) is 67.2 Å². The van der Waals surface area contributed by atoms with E-state index in [0.29, 0.717) is 6.54 Å². The number of piperidine rings is 1. The minimum atomic E-state index is -3.47. The third-order valence-electron chi connectivity index (χ3n) is 3.41. The smallest absolute Gasteiger partial charge is 0.262 e. The molecule has 2 heterocycles. The Morgan fingerprint density at radius 1 is 1.47 bits per heavy atom. The molecule has 1 aliphatic rings. The van der Waals surface area contributed by atoms with Crippen molar-refractivity contribution in [2.24, 2.45) is 7.05 Å². The van der Waals surface area contributed by atoms with E-state index in [0.717, 1.165) is 32.4 Å². The van der Waals surface area contributed by atoms with E-state index < -0.39 is 10.0 Å². The van der Waals surface area contributed by atoms with Gasteiger partial charge in [-0.25, -0.2) is 13.4 Å². The lowest BCUT2D eigenvalue weighted by Gasteiger charge is -2.32. The van der Waals surface area contributed by atoms with Crippen molar-refractivity contribution in [2.45, 2.75) is 37.3 Å². The first-order valence-electron chi connectivity index (χ1n) is 6.76. The lowest BCUT2D eigenvalue weighted by molar-refractivity contribution is 0.261. The van der Waals surface area contributed by atoms with Gasteiger partial charge in [-0.15, -0.1) is 0 Å². The van der Waals surface area contributed by atoms with Crippen LogP contribution in [0, 0.1) is 0 Å². The lowest BCUT2D eigenvalue weighted by Crippen LogP contribution is -2.46. The van der Waals surface area contributed by atoms with Crippen LogP contribution in [-0.4, -0.2) is 48.0 Å². The third-order valence-corrected chi connectivity index (χ3v) is 5.25. The minimum absolute atomic E-state index is 0.0909. The average Bonchev–Trinajstić information content (AvgIpc) is 2.84. The highest BCUT2D eigenvalue weighted by Crippen LogP contribution is 2.21. The average molecular weight is 286 g/mol. The second-order valence-corrected chi connectivity index (χ2v) is 6.81. The number of nitrogens with zero attached hydrogens (tertiary/aromatic N) is 3. The Hall–Kier alpha value is -0.920. The minimum Gasteiger partial charge on any atom is -0.339 e. The molecule has 1 aromatic heterocycles. The van der Waals surface area contributed by atoms with Crippen molar-refractivity contribution < 1.29 is 8.42 Å². The van der Waals surface area contributed by atoms with Crippen LogP contribution in [0.4, 0.5) is 0 Å². The number of hydrogen-bond acceptors (Lipinski definition) is 4. The van der Waals surface area contributed by atoms with Crippen molar-refractivity contribution in [3.05, 3.63) is 12.5 Å². The Morgan fingerprint density at radius 2 is 2.16 bits per heavy atom. The molecule has 2 rings (SSSR count). The molecule has 0 atom stereocenters. The molecule has 0 spiro atoms. The lowest BCUT2D eigenvalue weighted by atomic mass is 10.1. The standard InChI is InChI=1S/C12H22N4O2S/c1-3-8-16(11-4-6-13-7-5-11)19(17,18)12-9-15(2)10-14-12/h9-11,13H,3-8H2,1-2H3. The Morgan fingerprint density at radius 3 is 2.68 bits per heavy atom. The molecule has 0 bridgehead atoms. The molecule has 0 radical (unpaired) electrons. The molecule has 1 saturated heterocycles. The summed E-state index contributed by atoms with van der Waals surface area (Å²) in [6.07, 6.45) is 5.65. The number of hydrogen-bond donors (Lipinski definition) is 1. The maximum Gasteiger partial charge on any atom is 0.262 e. The molecule has 0 aromatic carbocycles. The quantitative estimate of drug-likeness (QED) is 0.859. The molecule has 19 heavy (non-hydrogen) atoms. The summed E-state index contributed by atoms with van der Waals surface area (Å²) < 4.78 is 28.6. The molecule has 1 aromatic rings. The predicted molar refractivity (Wildman–Crippen MR) is 73.3 cm³/mol. The largest absolute Gasteiger partial charge is 0.339 e. The van der Waals surface area contributed by atoms with E-state index in [1.165, 1.54) is 6.33 Å². The van der Waals surface area contributed by atoms with Crippen molar-refractivity contribution >= 4 is 10.0 Å². The van der Waals surface area contributed by atoms with E-state index >= 15 is 0 Å². The normalized spacial score (nSPS) is 18.1. The molecule has 0 aliphatic carbocycles. The molecule has 1 aliphatic heterocycles. The van der Waals surface area contributed by atoms with Crippen molar-refractivity contribution in [3.63, 3.8) is 0 Å². The molecule has 7 heteroatoms. The summed E-state index contributed by atoms with van der Waals surface area (Å²) in [5.41, 5.74) is 0. The molecule has 0 saturated carbocycles. The zero-order chi connectivity index (χ0) is 13.9. The van der Waals surface area contributed by atoms with Crippen LogP contribution in [0.5, 0.6) is 0 Å². The van der Waals surface area contributed by atoms with Crippen molar-refractivity contribution in [2.75, 3.05) is 19.6 Å². The summed E-state index contributed by atoms with van der Waals surface area (Å²) in [6, 6.07) is 0.0909. The van der Waals surface area contributed by atoms with E-state index in [4.69, 9.17) is 0 Å². The fourth-order valence-electron chi connectivity index (χ4n) is 2.46. The SMILES string of the molecule is CCCN(C1CCNCC1)S(=O)(=O)c1cn(C)cn1. The number of sulfonamides is 1. The summed E-state index contributed by atoms with van der Waals surface area (Å²) in [5, 5.41) is 3.42. The van der Waals surface area contributed by atoms with E-state index in [1.807, 2.05) is 6.92 Å². The Labute approximate surface area is 114 Å². The number of nitrogens with one attached hydrogen (secondary N) is 1. The van der Waals surface area contributed by atoms with Crippen LogP contribution in [0.15, 0.2) is 17.6 Å². The van der Waals surface area contributed by atoms with Gasteiger partial charge in [-0.05, 0) is 32.4 Å². The molecule has 1 fully saturated rings. The van der Waals surface area contributed by atoms with Gasteiger partial charge in [0.1, 0.15) is 0 Å². The van der Waals surface area contributed by atoms with Gasteiger partial charge in [-0.2, -0.15) is 4.31 Å². The van der Waals surface area contributed by atoms with Gasteiger partial charge >= 0.3 is 0 Å².